The Hall–Kier alpha value is -1.91. The van der Waals surface area contributed by atoms with E-state index in [9.17, 15) is 9.59 Å². The largest absolute Gasteiger partial charge is 0.481 e. The van der Waals surface area contributed by atoms with Crippen LogP contribution in [0.1, 0.15) is 25.7 Å². The summed E-state index contributed by atoms with van der Waals surface area (Å²) < 4.78 is 2.08. The minimum Gasteiger partial charge on any atom is -0.481 e. The molecule has 0 atom stereocenters. The van der Waals surface area contributed by atoms with Crippen molar-refractivity contribution in [2.45, 2.75) is 32.2 Å². The molecule has 0 aliphatic carbocycles. The van der Waals surface area contributed by atoms with Gasteiger partial charge in [0, 0.05) is 38.6 Å². The van der Waals surface area contributed by atoms with Crippen LogP contribution in [0.2, 0.25) is 0 Å². The maximum absolute atomic E-state index is 11.7. The second kappa shape index (κ2) is 8.24. The second-order valence-electron chi connectivity index (χ2n) is 4.53. The molecule has 0 bridgehead atoms. The minimum atomic E-state index is -0.875. The average molecular weight is 265 g/mol. The van der Waals surface area contributed by atoms with E-state index in [0.29, 0.717) is 6.42 Å². The molecule has 0 saturated carbocycles. The number of amides is 1. The number of carbonyl (C=O) groups is 2. The summed E-state index contributed by atoms with van der Waals surface area (Å²) in [6.45, 7) is 1.18. The zero-order valence-electron chi connectivity index (χ0n) is 11.3. The third-order valence-corrected chi connectivity index (χ3v) is 2.92. The van der Waals surface area contributed by atoms with Crippen molar-refractivity contribution in [1.29, 1.82) is 0 Å². The first kappa shape index (κ1) is 15.1. The van der Waals surface area contributed by atoms with Crippen molar-refractivity contribution in [3.05, 3.63) is 30.6 Å². The SMILES string of the molecule is CN(CCC(=O)O)C(=O)CCCC[n+]1ccccc1. The van der Waals surface area contributed by atoms with Gasteiger partial charge >= 0.3 is 5.97 Å². The zero-order chi connectivity index (χ0) is 14.1. The van der Waals surface area contributed by atoms with Crippen LogP contribution in [0.3, 0.4) is 0 Å². The smallest absolute Gasteiger partial charge is 0.305 e. The van der Waals surface area contributed by atoms with Gasteiger partial charge in [0.15, 0.2) is 12.4 Å². The van der Waals surface area contributed by atoms with E-state index in [0.717, 1.165) is 19.4 Å². The van der Waals surface area contributed by atoms with Gasteiger partial charge < -0.3 is 10.0 Å². The number of aliphatic carboxylic acids is 1. The van der Waals surface area contributed by atoms with E-state index in [1.807, 2.05) is 30.6 Å². The summed E-state index contributed by atoms with van der Waals surface area (Å²) >= 11 is 0. The van der Waals surface area contributed by atoms with Crippen LogP contribution in [0.15, 0.2) is 30.6 Å². The van der Waals surface area contributed by atoms with Crippen molar-refractivity contribution >= 4 is 11.9 Å². The van der Waals surface area contributed by atoms with Gasteiger partial charge in [-0.05, 0) is 6.42 Å². The standard InChI is InChI=1S/C14H20N2O3/c1-15(12-8-14(18)19)13(17)7-3-6-11-16-9-4-2-5-10-16/h2,4-5,9-10H,3,6-8,11-12H2,1H3/p+1. The Morgan fingerprint density at radius 3 is 2.42 bits per heavy atom. The van der Waals surface area contributed by atoms with Crippen LogP contribution in [0.25, 0.3) is 0 Å². The molecule has 0 spiro atoms. The first-order chi connectivity index (χ1) is 9.09. The highest BCUT2D eigenvalue weighted by Gasteiger charge is 2.10. The molecule has 0 radical (unpaired) electrons. The van der Waals surface area contributed by atoms with E-state index in [1.165, 1.54) is 4.90 Å². The number of pyridine rings is 1. The van der Waals surface area contributed by atoms with Crippen molar-refractivity contribution in [2.75, 3.05) is 13.6 Å². The first-order valence-corrected chi connectivity index (χ1v) is 6.49. The molecule has 1 aromatic rings. The van der Waals surface area contributed by atoms with Gasteiger partial charge in [0.2, 0.25) is 5.91 Å². The Bertz CT molecular complexity index is 406. The van der Waals surface area contributed by atoms with Crippen molar-refractivity contribution in [1.82, 2.24) is 4.90 Å². The Kier molecular flexibility index (Phi) is 6.57. The van der Waals surface area contributed by atoms with E-state index in [1.54, 1.807) is 7.05 Å². The maximum Gasteiger partial charge on any atom is 0.305 e. The summed E-state index contributed by atoms with van der Waals surface area (Å²) in [4.78, 5) is 23.6. The molecule has 104 valence electrons. The number of carbonyl (C=O) groups excluding carboxylic acids is 1. The Labute approximate surface area is 113 Å². The number of carboxylic acids is 1. The number of nitrogens with zero attached hydrogens (tertiary/aromatic N) is 2. The number of aryl methyl sites for hydroxylation is 1. The summed E-state index contributed by atoms with van der Waals surface area (Å²) in [7, 11) is 1.65. The molecular weight excluding hydrogens is 244 g/mol. The van der Waals surface area contributed by atoms with Gasteiger partial charge in [-0.1, -0.05) is 6.07 Å². The molecule has 0 saturated heterocycles. The Morgan fingerprint density at radius 1 is 1.11 bits per heavy atom. The van der Waals surface area contributed by atoms with E-state index in [4.69, 9.17) is 5.11 Å². The van der Waals surface area contributed by atoms with Crippen LogP contribution >= 0.6 is 0 Å². The lowest BCUT2D eigenvalue weighted by Crippen LogP contribution is -2.32. The fourth-order valence-electron chi connectivity index (χ4n) is 1.73. The summed E-state index contributed by atoms with van der Waals surface area (Å²) in [5, 5.41) is 8.54. The van der Waals surface area contributed by atoms with Crippen LogP contribution in [-0.2, 0) is 16.1 Å². The van der Waals surface area contributed by atoms with Crippen LogP contribution in [0, 0.1) is 0 Å². The highest BCUT2D eigenvalue weighted by Crippen LogP contribution is 2.00. The monoisotopic (exact) mass is 265 g/mol. The fraction of sp³-hybridized carbons (Fsp3) is 0.500. The highest BCUT2D eigenvalue weighted by atomic mass is 16.4. The first-order valence-electron chi connectivity index (χ1n) is 6.49. The number of aromatic nitrogens is 1. The zero-order valence-corrected chi connectivity index (χ0v) is 11.3. The number of hydrogen-bond donors (Lipinski definition) is 1. The molecule has 1 amide bonds. The fourth-order valence-corrected chi connectivity index (χ4v) is 1.73. The molecule has 0 aromatic carbocycles. The van der Waals surface area contributed by atoms with E-state index >= 15 is 0 Å². The van der Waals surface area contributed by atoms with Gasteiger partial charge in [0.05, 0.1) is 6.42 Å². The average Bonchev–Trinajstić information content (AvgIpc) is 2.41. The molecular formula is C14H21N2O3+. The van der Waals surface area contributed by atoms with Crippen molar-refractivity contribution in [3.8, 4) is 0 Å². The van der Waals surface area contributed by atoms with E-state index in [2.05, 4.69) is 4.57 Å². The Morgan fingerprint density at radius 2 is 1.79 bits per heavy atom. The lowest BCUT2D eigenvalue weighted by molar-refractivity contribution is -0.697. The highest BCUT2D eigenvalue weighted by molar-refractivity contribution is 5.76. The third kappa shape index (κ3) is 6.55. The lowest BCUT2D eigenvalue weighted by atomic mass is 10.2. The van der Waals surface area contributed by atoms with Gasteiger partial charge in [-0.2, -0.15) is 0 Å². The minimum absolute atomic E-state index is 0.00209. The molecule has 1 N–H and O–H groups in total. The summed E-state index contributed by atoms with van der Waals surface area (Å²) in [6.07, 6.45) is 6.23. The maximum atomic E-state index is 11.7. The summed E-state index contributed by atoms with van der Waals surface area (Å²) in [5.41, 5.74) is 0. The van der Waals surface area contributed by atoms with Crippen LogP contribution in [-0.4, -0.2) is 35.5 Å². The molecule has 5 nitrogen and oxygen atoms in total. The van der Waals surface area contributed by atoms with Gasteiger partial charge in [-0.15, -0.1) is 0 Å². The molecule has 0 fully saturated rings. The van der Waals surface area contributed by atoms with Crippen molar-refractivity contribution < 1.29 is 19.3 Å². The number of unbranched alkanes of at least 4 members (excludes halogenated alkanes) is 1. The second-order valence-corrected chi connectivity index (χ2v) is 4.53. The Balaban J connectivity index is 2.15. The third-order valence-electron chi connectivity index (χ3n) is 2.92. The molecule has 19 heavy (non-hydrogen) atoms. The molecule has 0 unspecified atom stereocenters. The molecule has 1 rings (SSSR count). The van der Waals surface area contributed by atoms with Gasteiger partial charge in [0.25, 0.3) is 0 Å². The normalized spacial score (nSPS) is 10.2. The van der Waals surface area contributed by atoms with E-state index in [-0.39, 0.29) is 18.9 Å². The van der Waals surface area contributed by atoms with Crippen LogP contribution in [0.5, 0.6) is 0 Å². The molecule has 5 heteroatoms. The lowest BCUT2D eigenvalue weighted by Gasteiger charge is -2.15. The predicted molar refractivity (Wildman–Crippen MR) is 70.4 cm³/mol. The van der Waals surface area contributed by atoms with E-state index < -0.39 is 5.97 Å². The predicted octanol–water partition coefficient (Wildman–Crippen LogP) is 1.08. The van der Waals surface area contributed by atoms with Crippen LogP contribution < -0.4 is 4.57 Å². The molecule has 1 aromatic heterocycles. The topological polar surface area (TPSA) is 61.5 Å². The quantitative estimate of drug-likeness (QED) is 0.565. The number of rotatable bonds is 8. The van der Waals surface area contributed by atoms with Crippen molar-refractivity contribution in [2.24, 2.45) is 0 Å². The molecule has 1 heterocycles. The van der Waals surface area contributed by atoms with Crippen molar-refractivity contribution in [3.63, 3.8) is 0 Å². The van der Waals surface area contributed by atoms with Gasteiger partial charge in [-0.3, -0.25) is 9.59 Å². The summed E-state index contributed by atoms with van der Waals surface area (Å²) in [5.74, 6) is -0.862. The molecule has 0 aliphatic rings. The van der Waals surface area contributed by atoms with Gasteiger partial charge in [0.1, 0.15) is 6.54 Å². The number of hydrogen-bond acceptors (Lipinski definition) is 2. The van der Waals surface area contributed by atoms with Gasteiger partial charge in [-0.25, -0.2) is 4.57 Å². The summed E-state index contributed by atoms with van der Waals surface area (Å²) in [6, 6.07) is 5.92. The van der Waals surface area contributed by atoms with Crippen LogP contribution in [0.4, 0.5) is 0 Å². The number of carboxylic acid groups (broad SMARTS) is 1. The molecule has 0 aliphatic heterocycles.